The smallest absolute Gasteiger partial charge is 0.410 e. The van der Waals surface area contributed by atoms with Crippen LogP contribution in [0.5, 0.6) is 5.75 Å². The lowest BCUT2D eigenvalue weighted by Gasteiger charge is -2.24. The molecule has 190 valence electrons. The molecule has 1 amide bonds. The van der Waals surface area contributed by atoms with E-state index in [1.54, 1.807) is 30.5 Å². The van der Waals surface area contributed by atoms with Crippen molar-refractivity contribution in [1.82, 2.24) is 29.5 Å². The van der Waals surface area contributed by atoms with Crippen LogP contribution in [0.3, 0.4) is 0 Å². The number of ether oxygens (including phenoxy) is 2. The molecule has 4 aromatic rings. The lowest BCUT2D eigenvalue weighted by molar-refractivity contribution is 0.0296. The average Bonchev–Trinajstić information content (AvgIpc) is 3.50. The number of unbranched alkanes of at least 4 members (excludes halogenated alkanes) is 2. The number of nitrogens with one attached hydrogen (secondary N) is 2. The van der Waals surface area contributed by atoms with Crippen molar-refractivity contribution in [3.8, 4) is 17.0 Å². The summed E-state index contributed by atoms with van der Waals surface area (Å²) in [6.45, 7) is 6.86. The van der Waals surface area contributed by atoms with Gasteiger partial charge in [-0.05, 0) is 52.2 Å². The average molecular weight is 492 g/mol. The fourth-order valence-electron chi connectivity index (χ4n) is 3.66. The largest absolute Gasteiger partial charge is 0.494 e. The molecule has 0 spiro atoms. The van der Waals surface area contributed by atoms with Crippen LogP contribution in [-0.2, 0) is 4.74 Å². The van der Waals surface area contributed by atoms with Crippen LogP contribution in [-0.4, -0.2) is 61.4 Å². The molecule has 3 heterocycles. The lowest BCUT2D eigenvalue weighted by atomic mass is 10.2. The third-order valence-corrected chi connectivity index (χ3v) is 5.43. The van der Waals surface area contributed by atoms with Gasteiger partial charge in [0, 0.05) is 49.5 Å². The first kappa shape index (κ1) is 25.0. The maximum absolute atomic E-state index is 12.0. The second-order valence-electron chi connectivity index (χ2n) is 9.56. The third kappa shape index (κ3) is 6.53. The summed E-state index contributed by atoms with van der Waals surface area (Å²) in [7, 11) is 1.76. The van der Waals surface area contributed by atoms with Crippen LogP contribution in [0.25, 0.3) is 16.9 Å². The minimum absolute atomic E-state index is 0.290. The summed E-state index contributed by atoms with van der Waals surface area (Å²) >= 11 is 0. The van der Waals surface area contributed by atoms with Crippen LogP contribution in [0.4, 0.5) is 16.3 Å². The van der Waals surface area contributed by atoms with E-state index in [2.05, 4.69) is 25.5 Å². The highest BCUT2D eigenvalue weighted by atomic mass is 16.6. The minimum Gasteiger partial charge on any atom is -0.494 e. The molecule has 0 radical (unpaired) electrons. The van der Waals surface area contributed by atoms with Gasteiger partial charge in [0.05, 0.1) is 24.7 Å². The summed E-state index contributed by atoms with van der Waals surface area (Å²) in [6.07, 6.45) is 11.5. The number of carbonyl (C=O) groups is 1. The molecule has 0 aliphatic carbocycles. The number of H-pyrrole nitrogens is 1. The summed E-state index contributed by atoms with van der Waals surface area (Å²) in [5.41, 5.74) is 2.98. The number of hydrogen-bond donors (Lipinski definition) is 2. The van der Waals surface area contributed by atoms with Gasteiger partial charge in [0.1, 0.15) is 11.4 Å². The van der Waals surface area contributed by atoms with Gasteiger partial charge in [0.25, 0.3) is 0 Å². The number of aromatic nitrogens is 5. The van der Waals surface area contributed by atoms with E-state index in [-0.39, 0.29) is 6.09 Å². The summed E-state index contributed by atoms with van der Waals surface area (Å²) in [5, 5.41) is 10.2. The van der Waals surface area contributed by atoms with Crippen LogP contribution >= 0.6 is 0 Å². The van der Waals surface area contributed by atoms with Gasteiger partial charge in [-0.15, -0.1) is 0 Å². The predicted molar refractivity (Wildman–Crippen MR) is 139 cm³/mol. The molecular weight excluding hydrogens is 458 g/mol. The highest BCUT2D eigenvalue weighted by Gasteiger charge is 2.19. The van der Waals surface area contributed by atoms with Crippen molar-refractivity contribution in [3.05, 3.63) is 55.2 Å². The van der Waals surface area contributed by atoms with Crippen molar-refractivity contribution >= 4 is 23.2 Å². The predicted octanol–water partition coefficient (Wildman–Crippen LogP) is 5.28. The molecule has 1 aromatic carbocycles. The van der Waals surface area contributed by atoms with Gasteiger partial charge in [0.2, 0.25) is 0 Å². The zero-order valence-electron chi connectivity index (χ0n) is 21.2. The molecule has 0 bridgehead atoms. The normalized spacial score (nSPS) is 11.4. The minimum atomic E-state index is -0.479. The number of fused-ring (bicyclic) bond motifs is 1. The molecule has 10 nitrogen and oxygen atoms in total. The fraction of sp³-hybridized carbons (Fsp3) is 0.385. The van der Waals surface area contributed by atoms with E-state index in [1.807, 2.05) is 61.8 Å². The highest BCUT2D eigenvalue weighted by Crippen LogP contribution is 2.26. The zero-order valence-corrected chi connectivity index (χ0v) is 21.2. The molecule has 0 atom stereocenters. The molecule has 0 aliphatic heterocycles. The number of rotatable bonds is 10. The summed E-state index contributed by atoms with van der Waals surface area (Å²) in [4.78, 5) is 22.6. The quantitative estimate of drug-likeness (QED) is 0.291. The van der Waals surface area contributed by atoms with E-state index in [1.165, 1.54) is 0 Å². The molecular formula is C26H33N7O3. The third-order valence-electron chi connectivity index (χ3n) is 5.43. The van der Waals surface area contributed by atoms with Crippen molar-refractivity contribution in [2.75, 3.05) is 25.5 Å². The molecule has 2 N–H and O–H groups in total. The van der Waals surface area contributed by atoms with Crippen molar-refractivity contribution in [1.29, 1.82) is 0 Å². The number of aromatic amines is 1. The number of amides is 1. The van der Waals surface area contributed by atoms with Crippen molar-refractivity contribution < 1.29 is 14.3 Å². The summed E-state index contributed by atoms with van der Waals surface area (Å²) in [5.74, 6) is 1.43. The van der Waals surface area contributed by atoms with Crippen LogP contribution < -0.4 is 10.1 Å². The van der Waals surface area contributed by atoms with E-state index >= 15 is 0 Å². The van der Waals surface area contributed by atoms with E-state index in [4.69, 9.17) is 9.47 Å². The molecule has 0 fully saturated rings. The highest BCUT2D eigenvalue weighted by molar-refractivity contribution is 5.74. The van der Waals surface area contributed by atoms with Gasteiger partial charge in [-0.25, -0.2) is 14.8 Å². The van der Waals surface area contributed by atoms with Gasteiger partial charge in [-0.2, -0.15) is 5.10 Å². The van der Waals surface area contributed by atoms with Crippen LogP contribution in [0, 0.1) is 0 Å². The van der Waals surface area contributed by atoms with E-state index in [0.717, 1.165) is 47.6 Å². The van der Waals surface area contributed by atoms with Crippen LogP contribution in [0.15, 0.2) is 55.2 Å². The zero-order chi connectivity index (χ0) is 25.5. The van der Waals surface area contributed by atoms with Crippen molar-refractivity contribution in [3.63, 3.8) is 0 Å². The summed E-state index contributed by atoms with van der Waals surface area (Å²) < 4.78 is 13.3. The van der Waals surface area contributed by atoms with E-state index < -0.39 is 5.60 Å². The Hall–Kier alpha value is -4.08. The molecule has 0 saturated carbocycles. The maximum atomic E-state index is 12.0. The summed E-state index contributed by atoms with van der Waals surface area (Å²) in [6, 6.07) is 7.78. The van der Waals surface area contributed by atoms with Crippen LogP contribution in [0.1, 0.15) is 40.0 Å². The van der Waals surface area contributed by atoms with Crippen molar-refractivity contribution in [2.45, 2.75) is 45.6 Å². The van der Waals surface area contributed by atoms with Gasteiger partial charge in [-0.1, -0.05) is 6.07 Å². The standard InChI is InChI=1S/C26H33N7O3/c1-26(2,3)36-25(34)32(4)12-6-5-7-14-35-21-10-8-9-20(15-21)31-23-24-28-18-22(19-16-29-30-17-19)33(24)13-11-27-23/h8-11,13,15-18H,5-7,12,14H2,1-4H3,(H,27,31)(H,29,30). The second kappa shape index (κ2) is 11.1. The molecule has 0 aliphatic rings. The number of carbonyl (C=O) groups excluding carboxylic acids is 1. The van der Waals surface area contributed by atoms with Crippen LogP contribution in [0.2, 0.25) is 0 Å². The molecule has 36 heavy (non-hydrogen) atoms. The Labute approximate surface area is 210 Å². The number of benzene rings is 1. The number of nitrogens with zero attached hydrogens (tertiary/aromatic N) is 5. The monoisotopic (exact) mass is 491 g/mol. The Kier molecular flexibility index (Phi) is 7.72. The van der Waals surface area contributed by atoms with E-state index in [0.29, 0.717) is 19.0 Å². The molecule has 0 saturated heterocycles. The molecule has 4 rings (SSSR count). The lowest BCUT2D eigenvalue weighted by Crippen LogP contribution is -2.34. The first-order valence-corrected chi connectivity index (χ1v) is 12.1. The van der Waals surface area contributed by atoms with Gasteiger partial charge in [0.15, 0.2) is 11.5 Å². The molecule has 10 heteroatoms. The first-order valence-electron chi connectivity index (χ1n) is 12.1. The van der Waals surface area contributed by atoms with Gasteiger partial charge >= 0.3 is 6.09 Å². The fourth-order valence-corrected chi connectivity index (χ4v) is 3.66. The molecule has 0 unspecified atom stereocenters. The SMILES string of the molecule is CN(CCCCCOc1cccc(Nc2nccn3c(-c4cn[nH]c4)cnc23)c1)C(=O)OC(C)(C)C. The maximum Gasteiger partial charge on any atom is 0.410 e. The Morgan fingerprint density at radius 3 is 2.81 bits per heavy atom. The first-order chi connectivity index (χ1) is 17.3. The Bertz CT molecular complexity index is 1280. The van der Waals surface area contributed by atoms with Crippen molar-refractivity contribution in [2.24, 2.45) is 0 Å². The van der Waals surface area contributed by atoms with E-state index in [9.17, 15) is 4.79 Å². The Morgan fingerprint density at radius 1 is 1.17 bits per heavy atom. The topological polar surface area (TPSA) is 110 Å². The Balaban J connectivity index is 1.26. The Morgan fingerprint density at radius 2 is 2.03 bits per heavy atom. The van der Waals surface area contributed by atoms with Gasteiger partial charge in [-0.3, -0.25) is 9.50 Å². The number of hydrogen-bond acceptors (Lipinski definition) is 7. The molecule has 3 aromatic heterocycles. The second-order valence-corrected chi connectivity index (χ2v) is 9.56. The van der Waals surface area contributed by atoms with Gasteiger partial charge < -0.3 is 19.7 Å². The number of imidazole rings is 1. The number of anilines is 2.